The molecule has 0 aromatic carbocycles. The summed E-state index contributed by atoms with van der Waals surface area (Å²) < 4.78 is 1.77. The average molecular weight is 276 g/mol. The van der Waals surface area contributed by atoms with Crippen LogP contribution < -0.4 is 5.56 Å². The van der Waals surface area contributed by atoms with Crippen LogP contribution in [0.2, 0.25) is 0 Å². The largest absolute Gasteiger partial charge is 0.282 e. The zero-order chi connectivity index (χ0) is 12.3. The van der Waals surface area contributed by atoms with Crippen LogP contribution in [0.5, 0.6) is 0 Å². The highest BCUT2D eigenvalue weighted by molar-refractivity contribution is 8.03. The molecular formula is C13H12N2OS2. The van der Waals surface area contributed by atoms with Crippen molar-refractivity contribution in [3.8, 4) is 0 Å². The zero-order valence-electron chi connectivity index (χ0n) is 9.86. The average Bonchev–Trinajstić information content (AvgIpc) is 2.89. The Morgan fingerprint density at radius 3 is 3.00 bits per heavy atom. The third-order valence-electron chi connectivity index (χ3n) is 3.61. The molecule has 0 atom stereocenters. The van der Waals surface area contributed by atoms with Crippen molar-refractivity contribution in [1.29, 1.82) is 0 Å². The predicted molar refractivity (Wildman–Crippen MR) is 75.5 cm³/mol. The second-order valence-corrected chi connectivity index (χ2v) is 7.05. The summed E-state index contributed by atoms with van der Waals surface area (Å²) in [5.74, 6) is 0. The molecule has 0 saturated heterocycles. The SMILES string of the molecule is C=C1Cn2c(nc3sc4c(c3c2=O)CCCC4)S1. The van der Waals surface area contributed by atoms with Gasteiger partial charge in [0.05, 0.1) is 11.9 Å². The van der Waals surface area contributed by atoms with Crippen LogP contribution in [-0.4, -0.2) is 9.55 Å². The molecule has 0 fully saturated rings. The molecule has 2 aromatic rings. The minimum Gasteiger partial charge on any atom is -0.282 e. The van der Waals surface area contributed by atoms with Gasteiger partial charge in [-0.25, -0.2) is 4.98 Å². The Balaban J connectivity index is 2.09. The molecule has 92 valence electrons. The number of nitrogens with zero attached hydrogens (tertiary/aromatic N) is 2. The van der Waals surface area contributed by atoms with Crippen molar-refractivity contribution < 1.29 is 0 Å². The van der Waals surface area contributed by atoms with Gasteiger partial charge < -0.3 is 0 Å². The van der Waals surface area contributed by atoms with Crippen molar-refractivity contribution in [3.05, 3.63) is 32.3 Å². The Kier molecular flexibility index (Phi) is 2.23. The van der Waals surface area contributed by atoms with Gasteiger partial charge in [0.2, 0.25) is 0 Å². The van der Waals surface area contributed by atoms with Gasteiger partial charge in [0.15, 0.2) is 5.16 Å². The van der Waals surface area contributed by atoms with Crippen LogP contribution >= 0.6 is 23.1 Å². The number of aromatic nitrogens is 2. The van der Waals surface area contributed by atoms with E-state index in [0.717, 1.165) is 33.1 Å². The van der Waals surface area contributed by atoms with Gasteiger partial charge in [-0.15, -0.1) is 11.3 Å². The van der Waals surface area contributed by atoms with Crippen LogP contribution in [0.25, 0.3) is 10.2 Å². The molecule has 1 aliphatic heterocycles. The predicted octanol–water partition coefficient (Wildman–Crippen LogP) is 2.96. The Morgan fingerprint density at radius 2 is 2.11 bits per heavy atom. The first-order valence-corrected chi connectivity index (χ1v) is 7.78. The molecule has 5 heteroatoms. The first-order valence-electron chi connectivity index (χ1n) is 6.15. The summed E-state index contributed by atoms with van der Waals surface area (Å²) >= 11 is 3.24. The van der Waals surface area contributed by atoms with Gasteiger partial charge in [-0.1, -0.05) is 18.3 Å². The smallest absolute Gasteiger partial charge is 0.263 e. The maximum Gasteiger partial charge on any atom is 0.263 e. The van der Waals surface area contributed by atoms with E-state index in [1.54, 1.807) is 15.9 Å². The Morgan fingerprint density at radius 1 is 1.28 bits per heavy atom. The molecule has 0 saturated carbocycles. The molecule has 2 aliphatic rings. The summed E-state index contributed by atoms with van der Waals surface area (Å²) in [7, 11) is 0. The molecule has 3 nitrogen and oxygen atoms in total. The van der Waals surface area contributed by atoms with E-state index >= 15 is 0 Å². The molecule has 0 amide bonds. The van der Waals surface area contributed by atoms with Gasteiger partial charge >= 0.3 is 0 Å². The molecule has 1 aliphatic carbocycles. The lowest BCUT2D eigenvalue weighted by molar-refractivity contribution is 0.682. The van der Waals surface area contributed by atoms with E-state index in [2.05, 4.69) is 11.6 Å². The Bertz CT molecular complexity index is 742. The molecule has 18 heavy (non-hydrogen) atoms. The van der Waals surface area contributed by atoms with Gasteiger partial charge in [-0.2, -0.15) is 0 Å². The summed E-state index contributed by atoms with van der Waals surface area (Å²) in [6.45, 7) is 4.56. The maximum atomic E-state index is 12.6. The van der Waals surface area contributed by atoms with E-state index in [1.165, 1.54) is 35.0 Å². The van der Waals surface area contributed by atoms with Gasteiger partial charge in [0.25, 0.3) is 5.56 Å². The van der Waals surface area contributed by atoms with Crippen LogP contribution in [0.4, 0.5) is 0 Å². The van der Waals surface area contributed by atoms with Gasteiger partial charge in [-0.3, -0.25) is 9.36 Å². The molecule has 3 heterocycles. The quantitative estimate of drug-likeness (QED) is 0.694. The van der Waals surface area contributed by atoms with Crippen molar-refractivity contribution in [1.82, 2.24) is 9.55 Å². The summed E-state index contributed by atoms with van der Waals surface area (Å²) in [6.07, 6.45) is 4.60. The Labute approximate surface area is 113 Å². The fourth-order valence-electron chi connectivity index (χ4n) is 2.77. The summed E-state index contributed by atoms with van der Waals surface area (Å²) in [5, 5.41) is 1.70. The fourth-order valence-corrected chi connectivity index (χ4v) is 4.93. The van der Waals surface area contributed by atoms with E-state index in [9.17, 15) is 4.79 Å². The van der Waals surface area contributed by atoms with Crippen LogP contribution in [0.15, 0.2) is 21.4 Å². The minimum atomic E-state index is 0.139. The third kappa shape index (κ3) is 1.37. The fraction of sp³-hybridized carbons (Fsp3) is 0.385. The second kappa shape index (κ2) is 3.71. The van der Waals surface area contributed by atoms with E-state index in [4.69, 9.17) is 0 Å². The van der Waals surface area contributed by atoms with Crippen molar-refractivity contribution in [3.63, 3.8) is 0 Å². The van der Waals surface area contributed by atoms with Crippen molar-refractivity contribution in [2.24, 2.45) is 0 Å². The highest BCUT2D eigenvalue weighted by Crippen LogP contribution is 2.37. The zero-order valence-corrected chi connectivity index (χ0v) is 11.5. The minimum absolute atomic E-state index is 0.139. The van der Waals surface area contributed by atoms with Crippen LogP contribution in [0.3, 0.4) is 0 Å². The summed E-state index contributed by atoms with van der Waals surface area (Å²) in [4.78, 5) is 20.5. The Hall–Kier alpha value is -1.07. The van der Waals surface area contributed by atoms with E-state index in [-0.39, 0.29) is 5.56 Å². The van der Waals surface area contributed by atoms with E-state index < -0.39 is 0 Å². The number of aryl methyl sites for hydroxylation is 2. The lowest BCUT2D eigenvalue weighted by atomic mass is 9.97. The number of rotatable bonds is 0. The van der Waals surface area contributed by atoms with E-state index in [0.29, 0.717) is 6.54 Å². The highest BCUT2D eigenvalue weighted by Gasteiger charge is 2.25. The number of hydrogen-bond donors (Lipinski definition) is 0. The number of thiophene rings is 1. The van der Waals surface area contributed by atoms with Crippen LogP contribution in [0, 0.1) is 0 Å². The lowest BCUT2D eigenvalue weighted by Gasteiger charge is -2.10. The number of thioether (sulfide) groups is 1. The lowest BCUT2D eigenvalue weighted by Crippen LogP contribution is -2.20. The van der Waals surface area contributed by atoms with Gasteiger partial charge in [0.1, 0.15) is 4.83 Å². The van der Waals surface area contributed by atoms with Gasteiger partial charge in [0, 0.05) is 9.78 Å². The standard InChI is InChI=1S/C13H12N2OS2/c1-7-6-15-12(16)10-8-4-2-3-5-9(8)18-11(10)14-13(15)17-7/h1-6H2. The van der Waals surface area contributed by atoms with Crippen molar-refractivity contribution >= 4 is 33.3 Å². The molecule has 0 unspecified atom stereocenters. The van der Waals surface area contributed by atoms with Crippen molar-refractivity contribution in [2.75, 3.05) is 0 Å². The number of hydrogen-bond acceptors (Lipinski definition) is 4. The highest BCUT2D eigenvalue weighted by atomic mass is 32.2. The van der Waals surface area contributed by atoms with Crippen LogP contribution in [-0.2, 0) is 19.4 Å². The first-order chi connectivity index (χ1) is 8.74. The molecule has 0 spiro atoms. The number of fused-ring (bicyclic) bond motifs is 4. The maximum absolute atomic E-state index is 12.6. The van der Waals surface area contributed by atoms with Gasteiger partial charge in [-0.05, 0) is 31.2 Å². The molecular weight excluding hydrogens is 264 g/mol. The molecule has 0 bridgehead atoms. The summed E-state index contributed by atoms with van der Waals surface area (Å²) in [5.41, 5.74) is 1.41. The van der Waals surface area contributed by atoms with E-state index in [1.807, 2.05) is 0 Å². The topological polar surface area (TPSA) is 34.9 Å². The normalized spacial score (nSPS) is 18.1. The monoisotopic (exact) mass is 276 g/mol. The molecule has 4 rings (SSSR count). The van der Waals surface area contributed by atoms with Crippen LogP contribution in [0.1, 0.15) is 23.3 Å². The second-order valence-electron chi connectivity index (χ2n) is 4.82. The molecule has 0 N–H and O–H groups in total. The van der Waals surface area contributed by atoms with Crippen molar-refractivity contribution in [2.45, 2.75) is 37.4 Å². The molecule has 0 radical (unpaired) electrons. The number of allylic oxidation sites excluding steroid dienone is 1. The first kappa shape index (κ1) is 10.8. The molecule has 2 aromatic heterocycles. The third-order valence-corrected chi connectivity index (χ3v) is 5.71. The summed E-state index contributed by atoms with van der Waals surface area (Å²) in [6, 6.07) is 0.